The normalized spacial score (nSPS) is 11.1. The molecule has 0 spiro atoms. The standard InChI is InChI=1S/C14H22N2O2/c1-12(2)16(9-4-6-14(17)18)10-7-13-5-3-8-15-11-13/h3,5,8,11-12H,4,6-7,9-10H2,1-2H3,(H,17,18). The Bertz CT molecular complexity index is 352. The van der Waals surface area contributed by atoms with Crippen LogP contribution in [-0.4, -0.2) is 40.1 Å². The van der Waals surface area contributed by atoms with Crippen molar-refractivity contribution < 1.29 is 9.90 Å². The molecule has 1 heterocycles. The first kappa shape index (κ1) is 14.6. The maximum Gasteiger partial charge on any atom is 0.303 e. The average Bonchev–Trinajstić information content (AvgIpc) is 2.34. The van der Waals surface area contributed by atoms with E-state index in [1.165, 1.54) is 5.56 Å². The summed E-state index contributed by atoms with van der Waals surface area (Å²) in [5, 5.41) is 8.65. The third kappa shape index (κ3) is 5.77. The molecule has 0 atom stereocenters. The molecule has 0 aromatic carbocycles. The zero-order chi connectivity index (χ0) is 13.4. The van der Waals surface area contributed by atoms with E-state index in [2.05, 4.69) is 29.8 Å². The quantitative estimate of drug-likeness (QED) is 0.768. The maximum absolute atomic E-state index is 10.5. The van der Waals surface area contributed by atoms with Gasteiger partial charge in [0.2, 0.25) is 0 Å². The minimum absolute atomic E-state index is 0.246. The number of rotatable bonds is 8. The molecule has 1 aromatic rings. The summed E-state index contributed by atoms with van der Waals surface area (Å²) in [6.45, 7) is 6.07. The molecule has 4 heteroatoms. The molecule has 0 amide bonds. The molecule has 0 saturated heterocycles. The molecule has 0 bridgehead atoms. The van der Waals surface area contributed by atoms with E-state index in [1.807, 2.05) is 12.3 Å². The predicted octanol–water partition coefficient (Wildman–Crippen LogP) is 2.20. The Morgan fingerprint density at radius 2 is 2.22 bits per heavy atom. The van der Waals surface area contributed by atoms with Crippen molar-refractivity contribution in [2.24, 2.45) is 0 Å². The second-order valence-electron chi connectivity index (χ2n) is 4.74. The van der Waals surface area contributed by atoms with Gasteiger partial charge in [0.15, 0.2) is 0 Å². The summed E-state index contributed by atoms with van der Waals surface area (Å²) in [5.41, 5.74) is 1.22. The molecule has 18 heavy (non-hydrogen) atoms. The van der Waals surface area contributed by atoms with Gasteiger partial charge in [-0.05, 0) is 44.9 Å². The van der Waals surface area contributed by atoms with E-state index in [9.17, 15) is 4.79 Å². The van der Waals surface area contributed by atoms with Gasteiger partial charge in [0.05, 0.1) is 0 Å². The molecule has 1 rings (SSSR count). The van der Waals surface area contributed by atoms with Crippen molar-refractivity contribution in [1.82, 2.24) is 9.88 Å². The van der Waals surface area contributed by atoms with Crippen LogP contribution in [0.1, 0.15) is 32.3 Å². The number of hydrogen-bond acceptors (Lipinski definition) is 3. The molecule has 0 unspecified atom stereocenters. The highest BCUT2D eigenvalue weighted by molar-refractivity contribution is 5.66. The molecule has 0 fully saturated rings. The van der Waals surface area contributed by atoms with E-state index in [0.29, 0.717) is 12.5 Å². The van der Waals surface area contributed by atoms with Gasteiger partial charge in [0.25, 0.3) is 0 Å². The predicted molar refractivity (Wildman–Crippen MR) is 71.5 cm³/mol. The lowest BCUT2D eigenvalue weighted by molar-refractivity contribution is -0.137. The van der Waals surface area contributed by atoms with Crippen LogP contribution in [0, 0.1) is 0 Å². The second-order valence-corrected chi connectivity index (χ2v) is 4.74. The Morgan fingerprint density at radius 1 is 1.44 bits per heavy atom. The van der Waals surface area contributed by atoms with Crippen LogP contribution in [0.5, 0.6) is 0 Å². The van der Waals surface area contributed by atoms with Gasteiger partial charge in [0.1, 0.15) is 0 Å². The topological polar surface area (TPSA) is 53.4 Å². The van der Waals surface area contributed by atoms with E-state index in [-0.39, 0.29) is 6.42 Å². The molecule has 0 radical (unpaired) electrons. The van der Waals surface area contributed by atoms with Crippen LogP contribution in [0.4, 0.5) is 0 Å². The number of carboxylic acids is 1. The fourth-order valence-corrected chi connectivity index (χ4v) is 1.88. The Hall–Kier alpha value is -1.42. The van der Waals surface area contributed by atoms with Crippen LogP contribution in [-0.2, 0) is 11.2 Å². The van der Waals surface area contributed by atoms with E-state index < -0.39 is 5.97 Å². The lowest BCUT2D eigenvalue weighted by atomic mass is 10.1. The molecular weight excluding hydrogens is 228 g/mol. The van der Waals surface area contributed by atoms with Gasteiger partial charge >= 0.3 is 5.97 Å². The van der Waals surface area contributed by atoms with Crippen molar-refractivity contribution in [2.45, 2.75) is 39.2 Å². The zero-order valence-electron chi connectivity index (χ0n) is 11.2. The van der Waals surface area contributed by atoms with Crippen molar-refractivity contribution in [3.63, 3.8) is 0 Å². The lowest BCUT2D eigenvalue weighted by Gasteiger charge is -2.26. The van der Waals surface area contributed by atoms with Crippen molar-refractivity contribution in [2.75, 3.05) is 13.1 Å². The summed E-state index contributed by atoms with van der Waals surface area (Å²) >= 11 is 0. The summed E-state index contributed by atoms with van der Waals surface area (Å²) in [6, 6.07) is 4.46. The first-order chi connectivity index (χ1) is 8.59. The Labute approximate surface area is 109 Å². The minimum Gasteiger partial charge on any atom is -0.481 e. The molecular formula is C14H22N2O2. The van der Waals surface area contributed by atoms with E-state index >= 15 is 0 Å². The fraction of sp³-hybridized carbons (Fsp3) is 0.571. The van der Waals surface area contributed by atoms with E-state index in [4.69, 9.17) is 5.11 Å². The number of nitrogens with zero attached hydrogens (tertiary/aromatic N) is 2. The number of carboxylic acid groups (broad SMARTS) is 1. The van der Waals surface area contributed by atoms with Crippen molar-refractivity contribution in [3.8, 4) is 0 Å². The molecule has 0 aliphatic rings. The molecule has 1 N–H and O–H groups in total. The van der Waals surface area contributed by atoms with Gasteiger partial charge in [-0.15, -0.1) is 0 Å². The van der Waals surface area contributed by atoms with Crippen molar-refractivity contribution >= 4 is 5.97 Å². The molecule has 1 aromatic heterocycles. The summed E-state index contributed by atoms with van der Waals surface area (Å²) in [4.78, 5) is 16.9. The smallest absolute Gasteiger partial charge is 0.303 e. The summed E-state index contributed by atoms with van der Waals surface area (Å²) in [6.07, 6.45) is 5.57. The number of carbonyl (C=O) groups is 1. The van der Waals surface area contributed by atoms with E-state index in [0.717, 1.165) is 19.5 Å². The largest absolute Gasteiger partial charge is 0.481 e. The van der Waals surface area contributed by atoms with Crippen LogP contribution in [0.2, 0.25) is 0 Å². The number of pyridine rings is 1. The number of aromatic nitrogens is 1. The first-order valence-corrected chi connectivity index (χ1v) is 6.44. The minimum atomic E-state index is -0.717. The van der Waals surface area contributed by atoms with Crippen molar-refractivity contribution in [3.05, 3.63) is 30.1 Å². The highest BCUT2D eigenvalue weighted by Gasteiger charge is 2.10. The van der Waals surface area contributed by atoms with Crippen LogP contribution >= 0.6 is 0 Å². The molecule has 0 aliphatic carbocycles. The molecule has 4 nitrogen and oxygen atoms in total. The highest BCUT2D eigenvalue weighted by Crippen LogP contribution is 2.05. The summed E-state index contributed by atoms with van der Waals surface area (Å²) in [7, 11) is 0. The van der Waals surface area contributed by atoms with Crippen LogP contribution in [0.3, 0.4) is 0 Å². The van der Waals surface area contributed by atoms with Crippen molar-refractivity contribution in [1.29, 1.82) is 0 Å². The highest BCUT2D eigenvalue weighted by atomic mass is 16.4. The van der Waals surface area contributed by atoms with Gasteiger partial charge < -0.3 is 10.0 Å². The van der Waals surface area contributed by atoms with Crippen LogP contribution < -0.4 is 0 Å². The van der Waals surface area contributed by atoms with Gasteiger partial charge in [-0.25, -0.2) is 0 Å². The Balaban J connectivity index is 2.36. The number of aliphatic carboxylic acids is 1. The molecule has 0 aliphatic heterocycles. The number of hydrogen-bond donors (Lipinski definition) is 1. The third-order valence-electron chi connectivity index (χ3n) is 2.98. The van der Waals surface area contributed by atoms with Crippen LogP contribution in [0.25, 0.3) is 0 Å². The van der Waals surface area contributed by atoms with Gasteiger partial charge in [-0.1, -0.05) is 6.07 Å². The van der Waals surface area contributed by atoms with Gasteiger partial charge in [-0.3, -0.25) is 9.78 Å². The fourth-order valence-electron chi connectivity index (χ4n) is 1.88. The zero-order valence-corrected chi connectivity index (χ0v) is 11.2. The molecule has 0 saturated carbocycles. The van der Waals surface area contributed by atoms with Gasteiger partial charge in [0, 0.05) is 31.4 Å². The first-order valence-electron chi connectivity index (χ1n) is 6.44. The summed E-state index contributed by atoms with van der Waals surface area (Å²) in [5.74, 6) is -0.717. The second kappa shape index (κ2) is 7.82. The van der Waals surface area contributed by atoms with Crippen LogP contribution in [0.15, 0.2) is 24.5 Å². The van der Waals surface area contributed by atoms with E-state index in [1.54, 1.807) is 6.20 Å². The third-order valence-corrected chi connectivity index (χ3v) is 2.98. The monoisotopic (exact) mass is 250 g/mol. The maximum atomic E-state index is 10.5. The molecule has 100 valence electrons. The Morgan fingerprint density at radius 3 is 2.78 bits per heavy atom. The average molecular weight is 250 g/mol. The lowest BCUT2D eigenvalue weighted by Crippen LogP contribution is -2.34. The summed E-state index contributed by atoms with van der Waals surface area (Å²) < 4.78 is 0. The SMILES string of the molecule is CC(C)N(CCCC(=O)O)CCc1cccnc1. The van der Waals surface area contributed by atoms with Gasteiger partial charge in [-0.2, -0.15) is 0 Å². The Kier molecular flexibility index (Phi) is 6.36.